The summed E-state index contributed by atoms with van der Waals surface area (Å²) in [4.78, 5) is 10.3. The number of rotatable bonds is 4. The lowest BCUT2D eigenvalue weighted by Crippen LogP contribution is -2.12. The standard InChI is InChI=1S/C8H12N2O3/c1-5-4-10-13-8(5)6(9)2-3-7(11)12/h4,6H,2-3,9H2,1H3,(H,11,12). The molecular formula is C8H12N2O3. The number of nitrogens with zero attached hydrogens (tertiary/aromatic N) is 1. The van der Waals surface area contributed by atoms with E-state index in [4.69, 9.17) is 15.4 Å². The number of nitrogens with two attached hydrogens (primary N) is 1. The maximum absolute atomic E-state index is 10.3. The summed E-state index contributed by atoms with van der Waals surface area (Å²) in [6.07, 6.45) is 1.97. The van der Waals surface area contributed by atoms with Gasteiger partial charge in [0.25, 0.3) is 0 Å². The van der Waals surface area contributed by atoms with Crippen LogP contribution < -0.4 is 5.73 Å². The molecule has 0 amide bonds. The van der Waals surface area contributed by atoms with Crippen molar-refractivity contribution < 1.29 is 14.4 Å². The molecule has 1 unspecified atom stereocenters. The summed E-state index contributed by atoms with van der Waals surface area (Å²) in [5, 5.41) is 12.0. The molecule has 0 radical (unpaired) electrons. The molecule has 1 rings (SSSR count). The molecule has 0 aliphatic heterocycles. The number of aliphatic carboxylic acids is 1. The Bertz CT molecular complexity index is 295. The number of hydrogen-bond acceptors (Lipinski definition) is 4. The Balaban J connectivity index is 2.53. The van der Waals surface area contributed by atoms with Crippen molar-refractivity contribution in [3.63, 3.8) is 0 Å². The number of carboxylic acids is 1. The third-order valence-electron chi connectivity index (χ3n) is 1.79. The zero-order valence-corrected chi connectivity index (χ0v) is 7.36. The Morgan fingerprint density at radius 1 is 1.85 bits per heavy atom. The van der Waals surface area contributed by atoms with E-state index in [1.165, 1.54) is 0 Å². The smallest absolute Gasteiger partial charge is 0.303 e. The Hall–Kier alpha value is -1.36. The second kappa shape index (κ2) is 4.04. The van der Waals surface area contributed by atoms with Gasteiger partial charge in [-0.25, -0.2) is 0 Å². The van der Waals surface area contributed by atoms with Crippen LogP contribution in [-0.4, -0.2) is 16.2 Å². The second-order valence-electron chi connectivity index (χ2n) is 2.91. The van der Waals surface area contributed by atoms with Crippen LogP contribution in [0.5, 0.6) is 0 Å². The van der Waals surface area contributed by atoms with Crippen LogP contribution in [0.4, 0.5) is 0 Å². The number of carboxylic acid groups (broad SMARTS) is 1. The first-order valence-electron chi connectivity index (χ1n) is 4.00. The molecule has 1 aromatic heterocycles. The van der Waals surface area contributed by atoms with Crippen molar-refractivity contribution in [1.29, 1.82) is 0 Å². The van der Waals surface area contributed by atoms with E-state index in [1.54, 1.807) is 6.20 Å². The van der Waals surface area contributed by atoms with Gasteiger partial charge in [-0.2, -0.15) is 0 Å². The fourth-order valence-corrected chi connectivity index (χ4v) is 1.07. The van der Waals surface area contributed by atoms with Crippen LogP contribution in [0.1, 0.15) is 30.2 Å². The predicted octanol–water partition coefficient (Wildman–Crippen LogP) is 0.848. The van der Waals surface area contributed by atoms with Crippen molar-refractivity contribution in [2.75, 3.05) is 0 Å². The lowest BCUT2D eigenvalue weighted by Gasteiger charge is -2.06. The first kappa shape index (κ1) is 9.73. The summed E-state index contributed by atoms with van der Waals surface area (Å²) in [5.74, 6) is -0.283. The van der Waals surface area contributed by atoms with Gasteiger partial charge in [-0.05, 0) is 13.3 Å². The Kier molecular flexibility index (Phi) is 3.02. The molecule has 1 aromatic rings. The lowest BCUT2D eigenvalue weighted by molar-refractivity contribution is -0.137. The molecule has 0 aliphatic carbocycles. The van der Waals surface area contributed by atoms with Crippen molar-refractivity contribution in [2.45, 2.75) is 25.8 Å². The van der Waals surface area contributed by atoms with E-state index in [-0.39, 0.29) is 12.5 Å². The molecule has 1 heterocycles. The SMILES string of the molecule is Cc1cnoc1C(N)CCC(=O)O. The van der Waals surface area contributed by atoms with Gasteiger partial charge in [0.1, 0.15) is 0 Å². The van der Waals surface area contributed by atoms with Gasteiger partial charge in [0.2, 0.25) is 0 Å². The lowest BCUT2D eigenvalue weighted by atomic mass is 10.1. The summed E-state index contributed by atoms with van der Waals surface area (Å²) in [6, 6.07) is -0.376. The van der Waals surface area contributed by atoms with E-state index in [1.807, 2.05) is 6.92 Å². The molecule has 0 spiro atoms. The van der Waals surface area contributed by atoms with Gasteiger partial charge in [0.15, 0.2) is 5.76 Å². The van der Waals surface area contributed by atoms with Crippen LogP contribution in [0, 0.1) is 6.92 Å². The zero-order chi connectivity index (χ0) is 9.84. The van der Waals surface area contributed by atoms with Crippen molar-refractivity contribution in [1.82, 2.24) is 5.16 Å². The maximum Gasteiger partial charge on any atom is 0.303 e. The van der Waals surface area contributed by atoms with E-state index < -0.39 is 5.97 Å². The minimum absolute atomic E-state index is 0.0430. The summed E-state index contributed by atoms with van der Waals surface area (Å²) in [5.41, 5.74) is 6.55. The first-order chi connectivity index (χ1) is 6.11. The molecule has 0 saturated carbocycles. The monoisotopic (exact) mass is 184 g/mol. The van der Waals surface area contributed by atoms with Gasteiger partial charge >= 0.3 is 5.97 Å². The molecule has 0 bridgehead atoms. The van der Waals surface area contributed by atoms with Crippen molar-refractivity contribution >= 4 is 5.97 Å². The van der Waals surface area contributed by atoms with Crippen molar-refractivity contribution in [2.24, 2.45) is 5.73 Å². The highest BCUT2D eigenvalue weighted by molar-refractivity contribution is 5.66. The van der Waals surface area contributed by atoms with Gasteiger partial charge in [-0.15, -0.1) is 0 Å². The summed E-state index contributed by atoms with van der Waals surface area (Å²) in [7, 11) is 0. The van der Waals surface area contributed by atoms with Gasteiger partial charge in [0, 0.05) is 12.0 Å². The zero-order valence-electron chi connectivity index (χ0n) is 7.36. The van der Waals surface area contributed by atoms with Gasteiger partial charge in [0.05, 0.1) is 12.2 Å². The summed E-state index contributed by atoms with van der Waals surface area (Å²) < 4.78 is 4.89. The minimum Gasteiger partial charge on any atom is -0.481 e. The van der Waals surface area contributed by atoms with Crippen LogP contribution in [-0.2, 0) is 4.79 Å². The molecule has 0 aromatic carbocycles. The fourth-order valence-electron chi connectivity index (χ4n) is 1.07. The molecule has 13 heavy (non-hydrogen) atoms. The van der Waals surface area contributed by atoms with Crippen molar-refractivity contribution in [3.8, 4) is 0 Å². The topological polar surface area (TPSA) is 89.4 Å². The first-order valence-corrected chi connectivity index (χ1v) is 4.00. The molecule has 3 N–H and O–H groups in total. The van der Waals surface area contributed by atoms with Crippen molar-refractivity contribution in [3.05, 3.63) is 17.5 Å². The normalized spacial score (nSPS) is 12.8. The second-order valence-corrected chi connectivity index (χ2v) is 2.91. The number of aromatic nitrogens is 1. The largest absolute Gasteiger partial charge is 0.481 e. The Morgan fingerprint density at radius 2 is 2.54 bits per heavy atom. The van der Waals surface area contributed by atoms with E-state index in [9.17, 15) is 4.79 Å². The molecular weight excluding hydrogens is 172 g/mol. The molecule has 5 nitrogen and oxygen atoms in total. The molecule has 5 heteroatoms. The predicted molar refractivity (Wildman–Crippen MR) is 45.0 cm³/mol. The number of aryl methyl sites for hydroxylation is 1. The van der Waals surface area contributed by atoms with Gasteiger partial charge in [-0.3, -0.25) is 4.79 Å². The van der Waals surface area contributed by atoms with Crippen LogP contribution in [0.2, 0.25) is 0 Å². The van der Waals surface area contributed by atoms with E-state index >= 15 is 0 Å². The minimum atomic E-state index is -0.854. The molecule has 0 fully saturated rings. The molecule has 0 aliphatic rings. The average Bonchev–Trinajstić information content (AvgIpc) is 2.47. The highest BCUT2D eigenvalue weighted by Crippen LogP contribution is 2.18. The van der Waals surface area contributed by atoms with Crippen LogP contribution in [0.25, 0.3) is 0 Å². The van der Waals surface area contributed by atoms with Crippen LogP contribution >= 0.6 is 0 Å². The third-order valence-corrected chi connectivity index (χ3v) is 1.79. The molecule has 1 atom stereocenters. The third kappa shape index (κ3) is 2.55. The fraction of sp³-hybridized carbons (Fsp3) is 0.500. The average molecular weight is 184 g/mol. The summed E-state index contributed by atoms with van der Waals surface area (Å²) >= 11 is 0. The van der Waals surface area contributed by atoms with E-state index in [0.29, 0.717) is 12.2 Å². The molecule has 0 saturated heterocycles. The number of carbonyl (C=O) groups is 1. The highest BCUT2D eigenvalue weighted by atomic mass is 16.5. The van der Waals surface area contributed by atoms with Crippen LogP contribution in [0.3, 0.4) is 0 Å². The maximum atomic E-state index is 10.3. The summed E-state index contributed by atoms with van der Waals surface area (Å²) in [6.45, 7) is 1.83. The van der Waals surface area contributed by atoms with E-state index in [0.717, 1.165) is 5.56 Å². The number of hydrogen-bond donors (Lipinski definition) is 2. The van der Waals surface area contributed by atoms with Crippen LogP contribution in [0.15, 0.2) is 10.7 Å². The Morgan fingerprint density at radius 3 is 3.00 bits per heavy atom. The van der Waals surface area contributed by atoms with Gasteiger partial charge < -0.3 is 15.4 Å². The quantitative estimate of drug-likeness (QED) is 0.723. The highest BCUT2D eigenvalue weighted by Gasteiger charge is 2.14. The van der Waals surface area contributed by atoms with Gasteiger partial charge in [-0.1, -0.05) is 5.16 Å². The molecule has 72 valence electrons. The van der Waals surface area contributed by atoms with E-state index in [2.05, 4.69) is 5.16 Å². The Labute approximate surface area is 75.5 Å².